The maximum atomic E-state index is 14.4. The lowest BCUT2D eigenvalue weighted by Crippen LogP contribution is -2.44. The Bertz CT molecular complexity index is 1400. The van der Waals surface area contributed by atoms with E-state index in [1.807, 2.05) is 30.3 Å². The van der Waals surface area contributed by atoms with E-state index in [0.717, 1.165) is 14.8 Å². The van der Waals surface area contributed by atoms with Crippen LogP contribution in [0.2, 0.25) is 10.0 Å². The summed E-state index contributed by atoms with van der Waals surface area (Å²) in [6, 6.07) is 19.3. The van der Waals surface area contributed by atoms with Crippen molar-refractivity contribution in [3.05, 3.63) is 121 Å². The van der Waals surface area contributed by atoms with Gasteiger partial charge in [-0.1, -0.05) is 77.8 Å². The first kappa shape index (κ1) is 22.9. The van der Waals surface area contributed by atoms with E-state index in [9.17, 15) is 14.0 Å². The minimum atomic E-state index is -0.735. The van der Waals surface area contributed by atoms with Gasteiger partial charge in [0.15, 0.2) is 5.69 Å². The molecule has 0 aliphatic rings. The van der Waals surface area contributed by atoms with Crippen molar-refractivity contribution in [2.45, 2.75) is 19.1 Å². The lowest BCUT2D eigenvalue weighted by Gasteiger charge is -2.17. The first-order valence-corrected chi connectivity index (χ1v) is 10.8. The molecule has 1 heterocycles. The second kappa shape index (κ2) is 9.70. The van der Waals surface area contributed by atoms with Crippen molar-refractivity contribution in [3.8, 4) is 11.3 Å². The molecule has 2 N–H and O–H groups in total. The van der Waals surface area contributed by atoms with Crippen LogP contribution in [0.15, 0.2) is 82.4 Å². The molecule has 0 aliphatic carbocycles. The van der Waals surface area contributed by atoms with Gasteiger partial charge in [0.05, 0.1) is 18.1 Å². The van der Waals surface area contributed by atoms with E-state index in [1.165, 1.54) is 18.2 Å². The van der Waals surface area contributed by atoms with Crippen molar-refractivity contribution in [2.75, 3.05) is 0 Å². The fourth-order valence-corrected chi connectivity index (χ4v) is 3.93. The number of hydrogen-bond acceptors (Lipinski definition) is 4. The Balaban J connectivity index is 1.89. The third-order valence-electron chi connectivity index (χ3n) is 5.23. The summed E-state index contributed by atoms with van der Waals surface area (Å²) in [5.74, 6) is -0.589. The lowest BCUT2D eigenvalue weighted by atomic mass is 10.1. The summed E-state index contributed by atoms with van der Waals surface area (Å²) in [6.45, 7) is -0.380. The van der Waals surface area contributed by atoms with Gasteiger partial charge in [0, 0.05) is 22.2 Å². The van der Waals surface area contributed by atoms with Crippen molar-refractivity contribution in [3.63, 3.8) is 0 Å². The van der Waals surface area contributed by atoms with Gasteiger partial charge >= 0.3 is 5.69 Å². The zero-order valence-corrected chi connectivity index (χ0v) is 18.8. The molecular weight excluding hydrogens is 466 g/mol. The summed E-state index contributed by atoms with van der Waals surface area (Å²) in [6.07, 6.45) is 0. The minimum Gasteiger partial charge on any atom is -0.322 e. The molecule has 1 aromatic heterocycles. The number of hydrogen-bond donors (Lipinski definition) is 1. The summed E-state index contributed by atoms with van der Waals surface area (Å²) in [5, 5.41) is 4.67. The predicted molar refractivity (Wildman–Crippen MR) is 127 cm³/mol. The highest BCUT2D eigenvalue weighted by molar-refractivity contribution is 6.33. The first-order chi connectivity index (χ1) is 15.9. The van der Waals surface area contributed by atoms with E-state index in [-0.39, 0.29) is 34.4 Å². The zero-order valence-electron chi connectivity index (χ0n) is 17.3. The third-order valence-corrected chi connectivity index (χ3v) is 5.91. The molecule has 1 atom stereocenters. The van der Waals surface area contributed by atoms with E-state index in [2.05, 4.69) is 5.10 Å². The van der Waals surface area contributed by atoms with Gasteiger partial charge in [-0.15, -0.1) is 0 Å². The molecule has 0 fully saturated rings. The van der Waals surface area contributed by atoms with Gasteiger partial charge in [-0.3, -0.25) is 9.36 Å². The normalized spacial score (nSPS) is 12.0. The van der Waals surface area contributed by atoms with Crippen LogP contribution in [-0.2, 0) is 13.1 Å². The Morgan fingerprint density at radius 3 is 2.27 bits per heavy atom. The monoisotopic (exact) mass is 484 g/mol. The highest BCUT2D eigenvalue weighted by Crippen LogP contribution is 2.24. The maximum Gasteiger partial charge on any atom is 0.347 e. The van der Waals surface area contributed by atoms with Gasteiger partial charge in [-0.25, -0.2) is 13.9 Å². The van der Waals surface area contributed by atoms with Crippen molar-refractivity contribution in [1.29, 1.82) is 0 Å². The van der Waals surface area contributed by atoms with Gasteiger partial charge in [-0.05, 0) is 23.8 Å². The molecule has 0 aliphatic heterocycles. The molecule has 0 radical (unpaired) electrons. The predicted octanol–water partition coefficient (Wildman–Crippen LogP) is 4.27. The molecule has 9 heteroatoms. The molecule has 1 unspecified atom stereocenters. The van der Waals surface area contributed by atoms with Crippen LogP contribution < -0.4 is 17.0 Å². The highest BCUT2D eigenvalue weighted by Gasteiger charge is 2.20. The van der Waals surface area contributed by atoms with Gasteiger partial charge < -0.3 is 5.73 Å². The van der Waals surface area contributed by atoms with Crippen LogP contribution >= 0.6 is 23.2 Å². The van der Waals surface area contributed by atoms with E-state index in [0.29, 0.717) is 5.56 Å². The number of halogens is 3. The number of benzene rings is 3. The molecule has 0 spiro atoms. The fourth-order valence-electron chi connectivity index (χ4n) is 3.48. The molecule has 0 saturated heterocycles. The molecule has 0 saturated carbocycles. The van der Waals surface area contributed by atoms with Crippen LogP contribution in [0, 0.1) is 5.82 Å². The fraction of sp³-hybridized carbons (Fsp3) is 0.125. The van der Waals surface area contributed by atoms with Crippen LogP contribution in [-0.4, -0.2) is 14.3 Å². The van der Waals surface area contributed by atoms with E-state index in [1.54, 1.807) is 24.3 Å². The summed E-state index contributed by atoms with van der Waals surface area (Å²) in [7, 11) is 0. The van der Waals surface area contributed by atoms with E-state index < -0.39 is 23.1 Å². The van der Waals surface area contributed by atoms with Crippen LogP contribution in [0.5, 0.6) is 0 Å². The maximum absolute atomic E-state index is 14.4. The Hall–Kier alpha value is -3.26. The molecule has 33 heavy (non-hydrogen) atoms. The number of nitrogens with zero attached hydrogens (tertiary/aromatic N) is 3. The lowest BCUT2D eigenvalue weighted by molar-refractivity contribution is 0.478. The third kappa shape index (κ3) is 4.75. The average molecular weight is 485 g/mol. The molecule has 6 nitrogen and oxygen atoms in total. The van der Waals surface area contributed by atoms with Gasteiger partial charge in [0.1, 0.15) is 5.82 Å². The van der Waals surface area contributed by atoms with Gasteiger partial charge in [0.25, 0.3) is 5.56 Å². The molecule has 4 rings (SSSR count). The average Bonchev–Trinajstić information content (AvgIpc) is 2.81. The molecule has 4 aromatic rings. The molecule has 0 amide bonds. The van der Waals surface area contributed by atoms with Crippen LogP contribution in [0.25, 0.3) is 11.3 Å². The molecular formula is C24H19Cl2FN4O2. The first-order valence-electron chi connectivity index (χ1n) is 10.1. The summed E-state index contributed by atoms with van der Waals surface area (Å²) in [4.78, 5) is 26.6. The van der Waals surface area contributed by atoms with E-state index in [4.69, 9.17) is 28.9 Å². The summed E-state index contributed by atoms with van der Waals surface area (Å²) >= 11 is 12.5. The molecule has 3 aromatic carbocycles. The van der Waals surface area contributed by atoms with Crippen molar-refractivity contribution < 1.29 is 4.39 Å². The summed E-state index contributed by atoms with van der Waals surface area (Å²) in [5.41, 5.74) is 6.05. The smallest absolute Gasteiger partial charge is 0.322 e. The second-order valence-corrected chi connectivity index (χ2v) is 8.22. The topological polar surface area (TPSA) is 82.9 Å². The van der Waals surface area contributed by atoms with Crippen molar-refractivity contribution in [2.24, 2.45) is 5.73 Å². The Labute approximate surface area is 198 Å². The number of rotatable bonds is 6. The van der Waals surface area contributed by atoms with Crippen molar-refractivity contribution in [1.82, 2.24) is 14.3 Å². The van der Waals surface area contributed by atoms with Gasteiger partial charge in [0.2, 0.25) is 0 Å². The van der Waals surface area contributed by atoms with Crippen LogP contribution in [0.4, 0.5) is 4.39 Å². The Morgan fingerprint density at radius 2 is 1.58 bits per heavy atom. The quantitative estimate of drug-likeness (QED) is 0.443. The van der Waals surface area contributed by atoms with Crippen molar-refractivity contribution >= 4 is 23.2 Å². The second-order valence-electron chi connectivity index (χ2n) is 7.40. The standard InChI is InChI=1S/C24H19Cl2FN4O2/c25-18-10-5-4-9-16(18)22-23(32)30(14-21(28)15-7-2-1-3-8-15)24(33)31(29-22)13-17-19(26)11-6-12-20(17)27/h1-12,21H,13-14,28H2. The van der Waals surface area contributed by atoms with Gasteiger partial charge in [-0.2, -0.15) is 5.10 Å². The largest absolute Gasteiger partial charge is 0.347 e. The van der Waals surface area contributed by atoms with E-state index >= 15 is 0 Å². The minimum absolute atomic E-state index is 0.0482. The summed E-state index contributed by atoms with van der Waals surface area (Å²) < 4.78 is 16.4. The van der Waals surface area contributed by atoms with Crippen LogP contribution in [0.3, 0.4) is 0 Å². The zero-order chi connectivity index (χ0) is 23.5. The van der Waals surface area contributed by atoms with Crippen LogP contribution in [0.1, 0.15) is 17.2 Å². The molecule has 168 valence electrons. The number of aromatic nitrogens is 3. The number of nitrogens with two attached hydrogens (primary N) is 1. The SMILES string of the molecule is NC(Cn1c(=O)c(-c2ccccc2Cl)nn(Cc2c(F)cccc2Cl)c1=O)c1ccccc1. The Morgan fingerprint density at radius 1 is 0.909 bits per heavy atom. The highest BCUT2D eigenvalue weighted by atomic mass is 35.5. The molecule has 0 bridgehead atoms. The Kier molecular flexibility index (Phi) is 6.74.